The van der Waals surface area contributed by atoms with E-state index in [-0.39, 0.29) is 18.7 Å². The number of hydrogen-bond acceptors (Lipinski definition) is 5. The fraction of sp³-hybridized carbons (Fsp3) is 0.562. The average molecular weight is 292 g/mol. The van der Waals surface area contributed by atoms with E-state index in [2.05, 4.69) is 18.7 Å². The molecule has 1 aromatic carbocycles. The summed E-state index contributed by atoms with van der Waals surface area (Å²) in [6.45, 7) is 8.86. The quantitative estimate of drug-likeness (QED) is 0.677. The van der Waals surface area contributed by atoms with Crippen LogP contribution in [0.4, 0.5) is 5.69 Å². The topological polar surface area (TPSA) is 64.8 Å². The number of carbonyl (C=O) groups excluding carboxylic acids is 1. The van der Waals surface area contributed by atoms with Crippen LogP contribution in [0.1, 0.15) is 29.8 Å². The standard InChI is InChI=1S/C16H24N2O3/c1-11(2)18-6-7-20-14(9-18)10-21-16(19)15-5-4-13(17)8-12(15)3/h4-5,8,11,14H,6-7,9-10,17H2,1-3H3. The Morgan fingerprint density at radius 2 is 2.29 bits per heavy atom. The van der Waals surface area contributed by atoms with Crippen LogP contribution in [0.15, 0.2) is 18.2 Å². The lowest BCUT2D eigenvalue weighted by molar-refractivity contribution is -0.0663. The third kappa shape index (κ3) is 4.19. The lowest BCUT2D eigenvalue weighted by Crippen LogP contribution is -2.47. The molecule has 0 bridgehead atoms. The maximum atomic E-state index is 12.1. The summed E-state index contributed by atoms with van der Waals surface area (Å²) >= 11 is 0. The summed E-state index contributed by atoms with van der Waals surface area (Å²) < 4.78 is 11.0. The molecule has 21 heavy (non-hydrogen) atoms. The molecular formula is C16H24N2O3. The molecule has 1 aliphatic heterocycles. The Morgan fingerprint density at radius 3 is 2.95 bits per heavy atom. The Labute approximate surface area is 126 Å². The van der Waals surface area contributed by atoms with E-state index in [1.54, 1.807) is 18.2 Å². The van der Waals surface area contributed by atoms with Crippen LogP contribution in [0.2, 0.25) is 0 Å². The Morgan fingerprint density at radius 1 is 1.52 bits per heavy atom. The second kappa shape index (κ2) is 6.91. The first-order valence-corrected chi connectivity index (χ1v) is 7.36. The van der Waals surface area contributed by atoms with Crippen molar-refractivity contribution in [2.24, 2.45) is 0 Å². The summed E-state index contributed by atoms with van der Waals surface area (Å²) in [4.78, 5) is 14.4. The van der Waals surface area contributed by atoms with Gasteiger partial charge in [0.25, 0.3) is 0 Å². The van der Waals surface area contributed by atoms with E-state index in [4.69, 9.17) is 15.2 Å². The highest BCUT2D eigenvalue weighted by atomic mass is 16.6. The Kier molecular flexibility index (Phi) is 5.20. The lowest BCUT2D eigenvalue weighted by Gasteiger charge is -2.35. The summed E-state index contributed by atoms with van der Waals surface area (Å²) in [6.07, 6.45) is -0.0563. The van der Waals surface area contributed by atoms with Crippen molar-refractivity contribution >= 4 is 11.7 Å². The fourth-order valence-corrected chi connectivity index (χ4v) is 2.47. The van der Waals surface area contributed by atoms with Crippen LogP contribution in [-0.2, 0) is 9.47 Å². The molecule has 5 heteroatoms. The average Bonchev–Trinajstić information content (AvgIpc) is 2.45. The Bertz CT molecular complexity index is 502. The molecule has 1 atom stereocenters. The molecule has 5 nitrogen and oxygen atoms in total. The van der Waals surface area contributed by atoms with Crippen molar-refractivity contribution in [3.05, 3.63) is 29.3 Å². The van der Waals surface area contributed by atoms with Gasteiger partial charge in [0.2, 0.25) is 0 Å². The van der Waals surface area contributed by atoms with Gasteiger partial charge in [-0.05, 0) is 44.5 Å². The summed E-state index contributed by atoms with van der Waals surface area (Å²) in [5, 5.41) is 0. The van der Waals surface area contributed by atoms with E-state index in [0.29, 0.717) is 23.9 Å². The number of nitrogens with zero attached hydrogens (tertiary/aromatic N) is 1. The molecule has 1 unspecified atom stereocenters. The van der Waals surface area contributed by atoms with E-state index < -0.39 is 0 Å². The van der Waals surface area contributed by atoms with Crippen LogP contribution in [0.3, 0.4) is 0 Å². The number of nitrogens with two attached hydrogens (primary N) is 1. The lowest BCUT2D eigenvalue weighted by atomic mass is 10.1. The molecule has 2 rings (SSSR count). The van der Waals surface area contributed by atoms with Crippen molar-refractivity contribution in [3.63, 3.8) is 0 Å². The number of anilines is 1. The highest BCUT2D eigenvalue weighted by molar-refractivity contribution is 5.91. The minimum absolute atomic E-state index is 0.0563. The Hall–Kier alpha value is -1.59. The van der Waals surface area contributed by atoms with Gasteiger partial charge in [-0.1, -0.05) is 0 Å². The normalized spacial score (nSPS) is 19.7. The highest BCUT2D eigenvalue weighted by Crippen LogP contribution is 2.15. The molecule has 1 fully saturated rings. The first kappa shape index (κ1) is 15.8. The molecule has 0 radical (unpaired) electrons. The number of benzene rings is 1. The van der Waals surface area contributed by atoms with Crippen molar-refractivity contribution in [1.29, 1.82) is 0 Å². The number of ether oxygens (including phenoxy) is 2. The maximum absolute atomic E-state index is 12.1. The number of carbonyl (C=O) groups is 1. The number of hydrogen-bond donors (Lipinski definition) is 1. The molecule has 0 amide bonds. The molecule has 116 valence electrons. The molecule has 1 saturated heterocycles. The van der Waals surface area contributed by atoms with Crippen molar-refractivity contribution in [2.75, 3.05) is 32.0 Å². The van der Waals surface area contributed by atoms with Gasteiger partial charge in [0.1, 0.15) is 12.7 Å². The van der Waals surface area contributed by atoms with Gasteiger partial charge < -0.3 is 15.2 Å². The zero-order valence-corrected chi connectivity index (χ0v) is 13.0. The second-order valence-electron chi connectivity index (χ2n) is 5.75. The van der Waals surface area contributed by atoms with Gasteiger partial charge in [0, 0.05) is 24.8 Å². The van der Waals surface area contributed by atoms with Gasteiger partial charge in [-0.3, -0.25) is 4.90 Å². The van der Waals surface area contributed by atoms with E-state index >= 15 is 0 Å². The smallest absolute Gasteiger partial charge is 0.338 e. The molecule has 0 spiro atoms. The SMILES string of the molecule is Cc1cc(N)ccc1C(=O)OCC1CN(C(C)C)CCO1. The summed E-state index contributed by atoms with van der Waals surface area (Å²) in [5.41, 5.74) is 7.71. The Balaban J connectivity index is 1.89. The van der Waals surface area contributed by atoms with Gasteiger partial charge >= 0.3 is 5.97 Å². The van der Waals surface area contributed by atoms with Crippen molar-refractivity contribution in [1.82, 2.24) is 4.90 Å². The number of nitrogen functional groups attached to an aromatic ring is 1. The van der Waals surface area contributed by atoms with Gasteiger partial charge in [-0.2, -0.15) is 0 Å². The van der Waals surface area contributed by atoms with E-state index in [1.807, 2.05) is 6.92 Å². The van der Waals surface area contributed by atoms with Crippen LogP contribution in [-0.4, -0.2) is 49.3 Å². The van der Waals surface area contributed by atoms with Crippen LogP contribution in [0, 0.1) is 6.92 Å². The zero-order valence-electron chi connectivity index (χ0n) is 13.0. The van der Waals surface area contributed by atoms with Gasteiger partial charge in [0.05, 0.1) is 12.2 Å². The van der Waals surface area contributed by atoms with Crippen molar-refractivity contribution in [3.8, 4) is 0 Å². The van der Waals surface area contributed by atoms with Crippen LogP contribution < -0.4 is 5.73 Å². The molecule has 1 aliphatic rings. The van der Waals surface area contributed by atoms with Gasteiger partial charge in [0.15, 0.2) is 0 Å². The second-order valence-corrected chi connectivity index (χ2v) is 5.75. The highest BCUT2D eigenvalue weighted by Gasteiger charge is 2.23. The van der Waals surface area contributed by atoms with Crippen molar-refractivity contribution in [2.45, 2.75) is 32.9 Å². The molecule has 0 aliphatic carbocycles. The van der Waals surface area contributed by atoms with Gasteiger partial charge in [-0.25, -0.2) is 4.79 Å². The number of esters is 1. The third-order valence-corrected chi connectivity index (χ3v) is 3.77. The minimum atomic E-state index is -0.322. The molecule has 1 heterocycles. The summed E-state index contributed by atoms with van der Waals surface area (Å²) in [5.74, 6) is -0.322. The molecule has 1 aromatic rings. The van der Waals surface area contributed by atoms with Crippen LogP contribution in [0.5, 0.6) is 0 Å². The first-order chi connectivity index (χ1) is 9.97. The predicted octanol–water partition coefficient (Wildman–Crippen LogP) is 1.84. The van der Waals surface area contributed by atoms with E-state index in [9.17, 15) is 4.79 Å². The maximum Gasteiger partial charge on any atom is 0.338 e. The number of aryl methyl sites for hydroxylation is 1. The van der Waals surface area contributed by atoms with Crippen LogP contribution in [0.25, 0.3) is 0 Å². The van der Waals surface area contributed by atoms with E-state index in [0.717, 1.165) is 18.7 Å². The predicted molar refractivity (Wildman–Crippen MR) is 82.3 cm³/mol. The monoisotopic (exact) mass is 292 g/mol. The van der Waals surface area contributed by atoms with E-state index in [1.165, 1.54) is 0 Å². The number of morpholine rings is 1. The molecular weight excluding hydrogens is 268 g/mol. The molecule has 2 N–H and O–H groups in total. The molecule has 0 aromatic heterocycles. The fourth-order valence-electron chi connectivity index (χ4n) is 2.47. The zero-order chi connectivity index (χ0) is 15.4. The summed E-state index contributed by atoms with van der Waals surface area (Å²) in [7, 11) is 0. The van der Waals surface area contributed by atoms with Crippen molar-refractivity contribution < 1.29 is 14.3 Å². The minimum Gasteiger partial charge on any atom is -0.459 e. The summed E-state index contributed by atoms with van der Waals surface area (Å²) in [6, 6.07) is 5.66. The molecule has 0 saturated carbocycles. The first-order valence-electron chi connectivity index (χ1n) is 7.36. The largest absolute Gasteiger partial charge is 0.459 e. The third-order valence-electron chi connectivity index (χ3n) is 3.77. The number of rotatable bonds is 4. The van der Waals surface area contributed by atoms with Gasteiger partial charge in [-0.15, -0.1) is 0 Å². The van der Waals surface area contributed by atoms with Crippen LogP contribution >= 0.6 is 0 Å².